The summed E-state index contributed by atoms with van der Waals surface area (Å²) in [6.45, 7) is 7.10. The molecule has 0 unspecified atom stereocenters. The number of hydrogen-bond acceptors (Lipinski definition) is 6. The first-order valence-electron chi connectivity index (χ1n) is 8.52. The lowest BCUT2D eigenvalue weighted by atomic mass is 9.84. The molecule has 2 N–H and O–H groups in total. The van der Waals surface area contributed by atoms with Gasteiger partial charge in [0.05, 0.1) is 5.92 Å². The van der Waals surface area contributed by atoms with E-state index in [1.807, 2.05) is 13.8 Å². The van der Waals surface area contributed by atoms with Gasteiger partial charge in [-0.1, -0.05) is 27.2 Å². The number of carbonyl (C=O) groups excluding carboxylic acids is 2. The van der Waals surface area contributed by atoms with Crippen molar-refractivity contribution in [1.82, 2.24) is 4.98 Å². The van der Waals surface area contributed by atoms with Crippen LogP contribution in [0.15, 0.2) is 18.0 Å². The number of ether oxygens (including phenoxy) is 1. The second kappa shape index (κ2) is 7.27. The molecule has 1 aromatic heterocycles. The van der Waals surface area contributed by atoms with Crippen molar-refractivity contribution in [1.29, 1.82) is 0 Å². The van der Waals surface area contributed by atoms with Crippen LogP contribution in [0.4, 0.5) is 0 Å². The van der Waals surface area contributed by atoms with Crippen molar-refractivity contribution in [2.75, 3.05) is 0 Å². The van der Waals surface area contributed by atoms with Crippen molar-refractivity contribution < 1.29 is 29.3 Å². The van der Waals surface area contributed by atoms with E-state index in [4.69, 9.17) is 9.84 Å². The Labute approximate surface area is 151 Å². The minimum Gasteiger partial charge on any atom is -0.508 e. The number of Topliss-reactive ketones (excluding diaryl/α,β-unsaturated/α-hetero) is 1. The van der Waals surface area contributed by atoms with Crippen molar-refractivity contribution in [3.05, 3.63) is 34.8 Å². The normalized spacial score (nSPS) is 21.4. The summed E-state index contributed by atoms with van der Waals surface area (Å²) in [5.74, 6) is -2.98. The van der Waals surface area contributed by atoms with Crippen LogP contribution in [0.1, 0.15) is 66.9 Å². The monoisotopic (exact) mass is 361 g/mol. The predicted octanol–water partition coefficient (Wildman–Crippen LogP) is 3.25. The topological polar surface area (TPSA) is 114 Å². The van der Waals surface area contributed by atoms with E-state index in [0.717, 1.165) is 12.6 Å². The second-order valence-electron chi connectivity index (χ2n) is 6.93. The number of carbonyl (C=O) groups is 3. The van der Waals surface area contributed by atoms with Crippen LogP contribution in [0, 0.1) is 11.8 Å². The maximum Gasteiger partial charge on any atom is 0.354 e. The van der Waals surface area contributed by atoms with E-state index in [9.17, 15) is 19.5 Å². The quantitative estimate of drug-likeness (QED) is 0.748. The summed E-state index contributed by atoms with van der Waals surface area (Å²) >= 11 is 0. The molecule has 0 saturated carbocycles. The highest BCUT2D eigenvalue weighted by molar-refractivity contribution is 6.10. The molecule has 0 amide bonds. The molecule has 26 heavy (non-hydrogen) atoms. The van der Waals surface area contributed by atoms with Gasteiger partial charge in [-0.2, -0.15) is 0 Å². The number of nitrogens with zero attached hydrogens (tertiary/aromatic N) is 1. The molecule has 7 nitrogen and oxygen atoms in total. The van der Waals surface area contributed by atoms with Gasteiger partial charge in [-0.15, -0.1) is 0 Å². The Hall–Kier alpha value is -2.70. The summed E-state index contributed by atoms with van der Waals surface area (Å²) in [7, 11) is 0. The van der Waals surface area contributed by atoms with Gasteiger partial charge in [0.2, 0.25) is 11.4 Å². The van der Waals surface area contributed by atoms with Gasteiger partial charge in [0.1, 0.15) is 11.5 Å². The number of carboxylic acid groups (broad SMARTS) is 1. The Morgan fingerprint density at radius 2 is 2.00 bits per heavy atom. The van der Waals surface area contributed by atoms with E-state index < -0.39 is 35.0 Å². The summed E-state index contributed by atoms with van der Waals surface area (Å²) < 4.78 is 5.39. The van der Waals surface area contributed by atoms with Crippen molar-refractivity contribution in [2.45, 2.75) is 46.1 Å². The lowest BCUT2D eigenvalue weighted by Crippen LogP contribution is -2.45. The maximum absolute atomic E-state index is 12.8. The van der Waals surface area contributed by atoms with Crippen LogP contribution in [-0.4, -0.2) is 38.5 Å². The molecule has 0 spiro atoms. The lowest BCUT2D eigenvalue weighted by Gasteiger charge is -2.32. The highest BCUT2D eigenvalue weighted by atomic mass is 16.6. The molecule has 1 aliphatic carbocycles. The lowest BCUT2D eigenvalue weighted by molar-refractivity contribution is -0.158. The third-order valence-corrected chi connectivity index (χ3v) is 4.77. The number of aromatic carboxylic acids is 1. The fraction of sp³-hybridized carbons (Fsp3) is 0.474. The third kappa shape index (κ3) is 3.61. The van der Waals surface area contributed by atoms with Gasteiger partial charge < -0.3 is 14.9 Å². The van der Waals surface area contributed by atoms with E-state index >= 15 is 0 Å². The van der Waals surface area contributed by atoms with Gasteiger partial charge in [-0.3, -0.25) is 9.59 Å². The largest absolute Gasteiger partial charge is 0.508 e. The number of hydrogen-bond donors (Lipinski definition) is 2. The van der Waals surface area contributed by atoms with Crippen LogP contribution in [0.5, 0.6) is 0 Å². The summed E-state index contributed by atoms with van der Waals surface area (Å²) in [4.78, 5) is 39.9. The Bertz CT molecular complexity index is 784. The average Bonchev–Trinajstić information content (AvgIpc) is 2.59. The fourth-order valence-corrected chi connectivity index (χ4v) is 2.82. The highest BCUT2D eigenvalue weighted by Crippen LogP contribution is 2.34. The molecule has 0 saturated heterocycles. The number of fused-ring (bicyclic) bond motifs is 1. The predicted molar refractivity (Wildman–Crippen MR) is 93.9 cm³/mol. The molecule has 0 radical (unpaired) electrons. The van der Waals surface area contributed by atoms with Gasteiger partial charge in [0.15, 0.2) is 0 Å². The molecule has 140 valence electrons. The van der Waals surface area contributed by atoms with Crippen molar-refractivity contribution >= 4 is 23.8 Å². The van der Waals surface area contributed by atoms with E-state index in [0.29, 0.717) is 12.3 Å². The van der Waals surface area contributed by atoms with Crippen LogP contribution in [-0.2, 0) is 9.53 Å². The standard InChI is InChI=1S/C19H23NO6/c1-5-10(2)6-11(3)18(25)26-19(4)15(21)8-12-7-14(17(23)24)20-9-13(12)16(19)22/h7-11,21H,5-6H2,1-4H3,(H,23,24)/t10-,11+,19-/m0/s1. The number of ketones is 1. The van der Waals surface area contributed by atoms with Gasteiger partial charge in [0.25, 0.3) is 0 Å². The zero-order valence-electron chi connectivity index (χ0n) is 15.3. The Morgan fingerprint density at radius 1 is 1.35 bits per heavy atom. The number of rotatable bonds is 6. The molecule has 0 aromatic carbocycles. The molecule has 0 bridgehead atoms. The molecule has 0 fully saturated rings. The van der Waals surface area contributed by atoms with Crippen LogP contribution < -0.4 is 0 Å². The first kappa shape index (κ1) is 19.6. The minimum atomic E-state index is -1.85. The molecule has 1 aliphatic rings. The van der Waals surface area contributed by atoms with Crippen LogP contribution in [0.3, 0.4) is 0 Å². The molecular weight excluding hydrogens is 338 g/mol. The number of aliphatic hydroxyl groups excluding tert-OH is 1. The number of esters is 1. The molecular formula is C19H23NO6. The minimum absolute atomic E-state index is 0.0951. The van der Waals surface area contributed by atoms with Gasteiger partial charge in [-0.25, -0.2) is 9.78 Å². The molecule has 0 aliphatic heterocycles. The smallest absolute Gasteiger partial charge is 0.354 e. The van der Waals surface area contributed by atoms with Gasteiger partial charge in [-0.05, 0) is 37.0 Å². The summed E-state index contributed by atoms with van der Waals surface area (Å²) in [6, 6.07) is 1.19. The molecule has 3 atom stereocenters. The number of aromatic nitrogens is 1. The molecule has 2 rings (SSSR count). The number of aliphatic hydroxyl groups is 1. The van der Waals surface area contributed by atoms with Crippen LogP contribution in [0.25, 0.3) is 6.08 Å². The highest BCUT2D eigenvalue weighted by Gasteiger charge is 2.46. The molecule has 1 heterocycles. The van der Waals surface area contributed by atoms with E-state index in [1.165, 1.54) is 19.1 Å². The Morgan fingerprint density at radius 3 is 2.58 bits per heavy atom. The SMILES string of the molecule is CC[C@H](C)C[C@@H](C)C(=O)O[C@]1(C)C(=O)c2cnc(C(=O)O)cc2C=C1O. The first-order chi connectivity index (χ1) is 12.1. The molecule has 1 aromatic rings. The van der Waals surface area contributed by atoms with E-state index in [2.05, 4.69) is 4.98 Å². The number of carboxylic acids is 1. The summed E-state index contributed by atoms with van der Waals surface area (Å²) in [5.41, 5.74) is -1.78. The van der Waals surface area contributed by atoms with Gasteiger partial charge in [0, 0.05) is 11.8 Å². The fourth-order valence-electron chi connectivity index (χ4n) is 2.82. The van der Waals surface area contributed by atoms with Crippen molar-refractivity contribution in [3.8, 4) is 0 Å². The van der Waals surface area contributed by atoms with E-state index in [1.54, 1.807) is 6.92 Å². The van der Waals surface area contributed by atoms with Crippen molar-refractivity contribution in [2.24, 2.45) is 11.8 Å². The zero-order chi connectivity index (χ0) is 19.6. The van der Waals surface area contributed by atoms with Crippen LogP contribution >= 0.6 is 0 Å². The van der Waals surface area contributed by atoms with Crippen LogP contribution in [0.2, 0.25) is 0 Å². The maximum atomic E-state index is 12.8. The number of pyridine rings is 1. The average molecular weight is 361 g/mol. The zero-order valence-corrected chi connectivity index (χ0v) is 15.3. The van der Waals surface area contributed by atoms with Gasteiger partial charge >= 0.3 is 11.9 Å². The first-order valence-corrected chi connectivity index (χ1v) is 8.52. The summed E-state index contributed by atoms with van der Waals surface area (Å²) in [5, 5.41) is 19.3. The summed E-state index contributed by atoms with van der Waals surface area (Å²) in [6.07, 6.45) is 3.89. The molecule has 7 heteroatoms. The second-order valence-corrected chi connectivity index (χ2v) is 6.93. The Balaban J connectivity index is 2.30. The van der Waals surface area contributed by atoms with Crippen molar-refractivity contribution in [3.63, 3.8) is 0 Å². The van der Waals surface area contributed by atoms with E-state index in [-0.39, 0.29) is 16.8 Å². The Kier molecular flexibility index (Phi) is 5.49. The third-order valence-electron chi connectivity index (χ3n) is 4.77.